The predicted octanol–water partition coefficient (Wildman–Crippen LogP) is 5.21. The molecule has 0 fully saturated rings. The van der Waals surface area contributed by atoms with Crippen LogP contribution in [0.5, 0.6) is 0 Å². The molecule has 3 unspecified atom stereocenters. The number of carbonyl (C=O) groups is 2. The Bertz CT molecular complexity index is 616. The third-order valence-electron chi connectivity index (χ3n) is 5.82. The molecule has 0 aliphatic heterocycles. The van der Waals surface area contributed by atoms with Crippen LogP contribution >= 0.6 is 7.82 Å². The fourth-order valence-corrected chi connectivity index (χ4v) is 4.35. The first kappa shape index (κ1) is 36.0. The number of aliphatic hydroxyl groups excluding tert-OH is 2. The van der Waals surface area contributed by atoms with Crippen LogP contribution in [-0.2, 0) is 32.7 Å². The standard InChI is InChI=1S/C26H51O10P/c1-3-5-6-7-8-9-10-11-12-13-14-15-16-17-18-26(30)36-24(21-33-25(29)4-2)22-35-37(31,32)34-20-23(28)19-27/h23-24,27-28H,3-22H2,1-2H3,(H,31,32). The number of rotatable bonds is 26. The van der Waals surface area contributed by atoms with Gasteiger partial charge in [-0.3, -0.25) is 18.6 Å². The monoisotopic (exact) mass is 554 g/mol. The van der Waals surface area contributed by atoms with Crippen LogP contribution in [0.1, 0.15) is 117 Å². The average molecular weight is 555 g/mol. The Morgan fingerprint density at radius 1 is 0.730 bits per heavy atom. The van der Waals surface area contributed by atoms with Gasteiger partial charge in [0.25, 0.3) is 0 Å². The van der Waals surface area contributed by atoms with E-state index >= 15 is 0 Å². The SMILES string of the molecule is CCCCCCCCCCCCCCCCC(=O)OC(COC(=O)CC)COP(=O)(O)OCC(O)CO. The van der Waals surface area contributed by atoms with E-state index < -0.39 is 51.8 Å². The third-order valence-corrected chi connectivity index (χ3v) is 6.77. The molecule has 0 radical (unpaired) electrons. The van der Waals surface area contributed by atoms with Crippen molar-refractivity contribution in [3.63, 3.8) is 0 Å². The molecule has 0 aromatic heterocycles. The number of aliphatic hydroxyl groups is 2. The van der Waals surface area contributed by atoms with Gasteiger partial charge in [0.1, 0.15) is 12.7 Å². The van der Waals surface area contributed by atoms with Gasteiger partial charge in [-0.25, -0.2) is 4.57 Å². The van der Waals surface area contributed by atoms with Crippen LogP contribution in [0.15, 0.2) is 0 Å². The molecule has 0 saturated heterocycles. The Balaban J connectivity index is 4.08. The lowest BCUT2D eigenvalue weighted by atomic mass is 10.0. The molecule has 37 heavy (non-hydrogen) atoms. The Kier molecular flexibility index (Phi) is 23.4. The van der Waals surface area contributed by atoms with Gasteiger partial charge in [0.15, 0.2) is 6.10 Å². The highest BCUT2D eigenvalue weighted by Gasteiger charge is 2.27. The molecular weight excluding hydrogens is 503 g/mol. The van der Waals surface area contributed by atoms with Gasteiger partial charge in [-0.05, 0) is 6.42 Å². The van der Waals surface area contributed by atoms with E-state index in [0.717, 1.165) is 19.3 Å². The number of esters is 2. The molecule has 0 amide bonds. The van der Waals surface area contributed by atoms with Crippen LogP contribution < -0.4 is 0 Å². The highest BCUT2D eigenvalue weighted by molar-refractivity contribution is 7.47. The normalized spacial score (nSPS) is 14.6. The van der Waals surface area contributed by atoms with Crippen molar-refractivity contribution in [2.24, 2.45) is 0 Å². The maximum Gasteiger partial charge on any atom is 0.472 e. The van der Waals surface area contributed by atoms with Gasteiger partial charge in [0, 0.05) is 12.8 Å². The first-order valence-electron chi connectivity index (χ1n) is 14.0. The van der Waals surface area contributed by atoms with E-state index in [1.54, 1.807) is 6.92 Å². The second-order valence-corrected chi connectivity index (χ2v) is 10.8. The topological polar surface area (TPSA) is 149 Å². The number of phosphoric ester groups is 1. The third kappa shape index (κ3) is 23.8. The van der Waals surface area contributed by atoms with E-state index in [1.807, 2.05) is 0 Å². The number of phosphoric acid groups is 1. The van der Waals surface area contributed by atoms with Gasteiger partial charge < -0.3 is 24.6 Å². The first-order valence-corrected chi connectivity index (χ1v) is 15.5. The summed E-state index contributed by atoms with van der Waals surface area (Å²) in [6.45, 7) is 1.73. The first-order chi connectivity index (χ1) is 17.7. The fraction of sp³-hybridized carbons (Fsp3) is 0.923. The summed E-state index contributed by atoms with van der Waals surface area (Å²) in [5.41, 5.74) is 0. The largest absolute Gasteiger partial charge is 0.472 e. The van der Waals surface area contributed by atoms with Crippen LogP contribution in [0.25, 0.3) is 0 Å². The van der Waals surface area contributed by atoms with Crippen LogP contribution in [0.4, 0.5) is 0 Å². The maximum absolute atomic E-state index is 12.2. The molecule has 0 aliphatic rings. The zero-order valence-corrected chi connectivity index (χ0v) is 23.8. The van der Waals surface area contributed by atoms with Crippen molar-refractivity contribution in [1.82, 2.24) is 0 Å². The van der Waals surface area contributed by atoms with Crippen molar-refractivity contribution in [1.29, 1.82) is 0 Å². The summed E-state index contributed by atoms with van der Waals surface area (Å²) in [5, 5.41) is 18.0. The van der Waals surface area contributed by atoms with Gasteiger partial charge in [0.2, 0.25) is 0 Å². The summed E-state index contributed by atoms with van der Waals surface area (Å²) in [4.78, 5) is 33.4. The van der Waals surface area contributed by atoms with E-state index in [1.165, 1.54) is 64.2 Å². The zero-order chi connectivity index (χ0) is 27.8. The smallest absolute Gasteiger partial charge is 0.462 e. The molecule has 3 atom stereocenters. The summed E-state index contributed by atoms with van der Waals surface area (Å²) in [6.07, 6.45) is 14.8. The molecule has 0 aromatic rings. The number of hydrogen-bond donors (Lipinski definition) is 3. The number of ether oxygens (including phenoxy) is 2. The minimum atomic E-state index is -4.57. The summed E-state index contributed by atoms with van der Waals surface area (Å²) in [5.74, 6) is -1.02. The lowest BCUT2D eigenvalue weighted by molar-refractivity contribution is -0.161. The Morgan fingerprint density at radius 2 is 1.22 bits per heavy atom. The summed E-state index contributed by atoms with van der Waals surface area (Å²) in [6, 6.07) is 0. The highest BCUT2D eigenvalue weighted by Crippen LogP contribution is 2.43. The highest BCUT2D eigenvalue weighted by atomic mass is 31.2. The fourth-order valence-electron chi connectivity index (χ4n) is 3.56. The molecule has 0 aromatic carbocycles. The number of hydrogen-bond acceptors (Lipinski definition) is 9. The summed E-state index contributed by atoms with van der Waals surface area (Å²) in [7, 11) is -4.57. The van der Waals surface area contributed by atoms with Crippen molar-refractivity contribution in [3.05, 3.63) is 0 Å². The van der Waals surface area contributed by atoms with Crippen molar-refractivity contribution in [2.45, 2.75) is 129 Å². The molecule has 0 spiro atoms. The van der Waals surface area contributed by atoms with Crippen molar-refractivity contribution < 1.29 is 47.8 Å². The van der Waals surface area contributed by atoms with Gasteiger partial charge in [-0.1, -0.05) is 97.3 Å². The molecule has 220 valence electrons. The Morgan fingerprint density at radius 3 is 1.70 bits per heavy atom. The minimum absolute atomic E-state index is 0.126. The van der Waals surface area contributed by atoms with Crippen LogP contribution in [0, 0.1) is 0 Å². The van der Waals surface area contributed by atoms with Crippen molar-refractivity contribution in [2.75, 3.05) is 26.4 Å². The minimum Gasteiger partial charge on any atom is -0.462 e. The van der Waals surface area contributed by atoms with E-state index in [2.05, 4.69) is 11.4 Å². The lowest BCUT2D eigenvalue weighted by Gasteiger charge is -2.20. The molecule has 10 nitrogen and oxygen atoms in total. The molecule has 0 saturated carbocycles. The van der Waals surface area contributed by atoms with Gasteiger partial charge in [0.05, 0.1) is 19.8 Å². The van der Waals surface area contributed by atoms with E-state index in [-0.39, 0.29) is 19.4 Å². The van der Waals surface area contributed by atoms with Crippen LogP contribution in [-0.4, -0.2) is 65.7 Å². The zero-order valence-electron chi connectivity index (χ0n) is 22.9. The predicted molar refractivity (Wildman–Crippen MR) is 141 cm³/mol. The summed E-state index contributed by atoms with van der Waals surface area (Å²) < 4.78 is 31.6. The van der Waals surface area contributed by atoms with Crippen LogP contribution in [0.2, 0.25) is 0 Å². The number of unbranched alkanes of at least 4 members (excludes halogenated alkanes) is 13. The van der Waals surface area contributed by atoms with E-state index in [9.17, 15) is 24.2 Å². The van der Waals surface area contributed by atoms with E-state index in [0.29, 0.717) is 6.42 Å². The lowest BCUT2D eigenvalue weighted by Crippen LogP contribution is -2.29. The Labute approximate surface area is 223 Å². The molecule has 0 bridgehead atoms. The van der Waals surface area contributed by atoms with E-state index in [4.69, 9.17) is 19.1 Å². The maximum atomic E-state index is 12.2. The molecule has 0 aliphatic carbocycles. The number of carbonyl (C=O) groups excluding carboxylic acids is 2. The molecule has 3 N–H and O–H groups in total. The molecular formula is C26H51O10P. The average Bonchev–Trinajstić information content (AvgIpc) is 2.88. The summed E-state index contributed by atoms with van der Waals surface area (Å²) >= 11 is 0. The van der Waals surface area contributed by atoms with Crippen molar-refractivity contribution in [3.8, 4) is 0 Å². The van der Waals surface area contributed by atoms with Crippen molar-refractivity contribution >= 4 is 19.8 Å². The quantitative estimate of drug-likeness (QED) is 0.0739. The molecule has 0 heterocycles. The second-order valence-electron chi connectivity index (χ2n) is 9.39. The van der Waals surface area contributed by atoms with Gasteiger partial charge in [-0.2, -0.15) is 0 Å². The second kappa shape index (κ2) is 24.0. The van der Waals surface area contributed by atoms with Crippen LogP contribution in [0.3, 0.4) is 0 Å². The van der Waals surface area contributed by atoms with Gasteiger partial charge in [-0.15, -0.1) is 0 Å². The molecule has 11 heteroatoms. The molecule has 0 rings (SSSR count). The van der Waals surface area contributed by atoms with Gasteiger partial charge >= 0.3 is 19.8 Å². The Hall–Kier alpha value is -1.03.